The minimum Gasteiger partial charge on any atom is -0.508 e. The lowest BCUT2D eigenvalue weighted by atomic mass is 9.85. The number of phenols is 2. The Balaban J connectivity index is 2.36. The van der Waals surface area contributed by atoms with Crippen molar-refractivity contribution in [3.63, 3.8) is 0 Å². The molecule has 2 nitrogen and oxygen atoms in total. The Morgan fingerprint density at radius 1 is 0.850 bits per heavy atom. The lowest BCUT2D eigenvalue weighted by molar-refractivity contribution is 0.416. The number of aromatic hydroxyl groups is 2. The average Bonchev–Trinajstić information content (AvgIpc) is 2.40. The van der Waals surface area contributed by atoms with Crippen molar-refractivity contribution in [3.05, 3.63) is 23.8 Å². The molecule has 0 fully saturated rings. The highest BCUT2D eigenvalue weighted by Crippen LogP contribution is 2.32. The summed E-state index contributed by atoms with van der Waals surface area (Å²) in [5.74, 6) is 1.24. The van der Waals surface area contributed by atoms with E-state index in [1.54, 1.807) is 12.1 Å². The van der Waals surface area contributed by atoms with Crippen LogP contribution in [0.3, 0.4) is 0 Å². The summed E-state index contributed by atoms with van der Waals surface area (Å²) in [7, 11) is 0. The van der Waals surface area contributed by atoms with Gasteiger partial charge in [0, 0.05) is 6.07 Å². The van der Waals surface area contributed by atoms with Crippen molar-refractivity contribution in [2.75, 3.05) is 0 Å². The third-order valence-corrected chi connectivity index (χ3v) is 4.32. The average molecular weight is 278 g/mol. The first-order chi connectivity index (χ1) is 9.54. The second kappa shape index (κ2) is 8.89. The minimum absolute atomic E-state index is 0.151. The van der Waals surface area contributed by atoms with Crippen LogP contribution < -0.4 is 0 Å². The number of hydrogen-bond acceptors (Lipinski definition) is 2. The van der Waals surface area contributed by atoms with Crippen LogP contribution in [0.1, 0.15) is 77.2 Å². The van der Waals surface area contributed by atoms with Crippen LogP contribution >= 0.6 is 0 Å². The summed E-state index contributed by atoms with van der Waals surface area (Å²) in [5.41, 5.74) is 1.03. The molecule has 0 amide bonds. The molecular weight excluding hydrogens is 248 g/mol. The summed E-state index contributed by atoms with van der Waals surface area (Å²) >= 11 is 0. The molecule has 0 spiro atoms. The summed E-state index contributed by atoms with van der Waals surface area (Å²) in [5, 5.41) is 19.1. The molecule has 0 aliphatic carbocycles. The predicted molar refractivity (Wildman–Crippen MR) is 85.3 cm³/mol. The van der Waals surface area contributed by atoms with Gasteiger partial charge in [0.25, 0.3) is 0 Å². The van der Waals surface area contributed by atoms with Crippen molar-refractivity contribution in [2.45, 2.75) is 71.6 Å². The molecule has 0 aliphatic heterocycles. The molecule has 1 rings (SSSR count). The van der Waals surface area contributed by atoms with E-state index < -0.39 is 0 Å². The van der Waals surface area contributed by atoms with Crippen LogP contribution in [-0.2, 0) is 0 Å². The summed E-state index contributed by atoms with van der Waals surface area (Å²) in [6, 6.07) is 4.92. The van der Waals surface area contributed by atoms with Crippen molar-refractivity contribution in [1.82, 2.24) is 0 Å². The van der Waals surface area contributed by atoms with Gasteiger partial charge in [0.05, 0.1) is 0 Å². The molecule has 0 aromatic heterocycles. The van der Waals surface area contributed by atoms with Crippen LogP contribution in [0.4, 0.5) is 0 Å². The van der Waals surface area contributed by atoms with E-state index >= 15 is 0 Å². The van der Waals surface area contributed by atoms with Gasteiger partial charge in [0.15, 0.2) is 0 Å². The first-order valence-electron chi connectivity index (χ1n) is 8.07. The second-order valence-electron chi connectivity index (χ2n) is 6.11. The Bertz CT molecular complexity index is 367. The zero-order valence-corrected chi connectivity index (χ0v) is 13.2. The summed E-state index contributed by atoms with van der Waals surface area (Å²) in [6.45, 7) is 6.68. The Labute approximate surface area is 123 Å². The van der Waals surface area contributed by atoms with Crippen molar-refractivity contribution >= 4 is 0 Å². The standard InChI is InChI=1S/C18H30O2/c1-4-5-6-7-8-9-10-14(2)15(3)16-11-17(19)13-18(20)12-16/h11-15,19-20H,4-10H2,1-3H3. The van der Waals surface area contributed by atoms with Crippen LogP contribution in [0.5, 0.6) is 11.5 Å². The monoisotopic (exact) mass is 278 g/mol. The molecule has 0 aliphatic rings. The second-order valence-corrected chi connectivity index (χ2v) is 6.11. The Morgan fingerprint density at radius 2 is 1.40 bits per heavy atom. The quantitative estimate of drug-likeness (QED) is 0.578. The Kier molecular flexibility index (Phi) is 7.50. The number of benzene rings is 1. The van der Waals surface area contributed by atoms with Gasteiger partial charge < -0.3 is 10.2 Å². The van der Waals surface area contributed by atoms with Gasteiger partial charge in [0.2, 0.25) is 0 Å². The van der Waals surface area contributed by atoms with Crippen molar-refractivity contribution in [3.8, 4) is 11.5 Å². The molecule has 1 aromatic carbocycles. The lowest BCUT2D eigenvalue weighted by Crippen LogP contribution is -2.06. The molecule has 2 unspecified atom stereocenters. The SMILES string of the molecule is CCCCCCCCC(C)C(C)c1cc(O)cc(O)c1. The molecule has 0 saturated carbocycles. The van der Waals surface area contributed by atoms with E-state index in [2.05, 4.69) is 20.8 Å². The topological polar surface area (TPSA) is 40.5 Å². The smallest absolute Gasteiger partial charge is 0.119 e. The Morgan fingerprint density at radius 3 is 2.00 bits per heavy atom. The fraction of sp³-hybridized carbons (Fsp3) is 0.667. The molecule has 0 radical (unpaired) electrons. The van der Waals surface area contributed by atoms with E-state index in [4.69, 9.17) is 0 Å². The van der Waals surface area contributed by atoms with E-state index in [-0.39, 0.29) is 11.5 Å². The van der Waals surface area contributed by atoms with Crippen LogP contribution in [0.2, 0.25) is 0 Å². The Hall–Kier alpha value is -1.18. The fourth-order valence-electron chi connectivity index (χ4n) is 2.71. The molecule has 114 valence electrons. The third kappa shape index (κ3) is 5.85. The fourth-order valence-corrected chi connectivity index (χ4v) is 2.71. The summed E-state index contributed by atoms with van der Waals surface area (Å²) < 4.78 is 0. The van der Waals surface area contributed by atoms with Gasteiger partial charge in [-0.3, -0.25) is 0 Å². The predicted octanol–water partition coefficient (Wildman–Crippen LogP) is 5.59. The minimum atomic E-state index is 0.151. The molecule has 2 atom stereocenters. The largest absolute Gasteiger partial charge is 0.508 e. The molecule has 2 N–H and O–H groups in total. The van der Waals surface area contributed by atoms with Crippen molar-refractivity contribution < 1.29 is 10.2 Å². The zero-order chi connectivity index (χ0) is 15.0. The lowest BCUT2D eigenvalue weighted by Gasteiger charge is -2.20. The highest BCUT2D eigenvalue weighted by Gasteiger charge is 2.15. The van der Waals surface area contributed by atoms with Gasteiger partial charge in [0.1, 0.15) is 11.5 Å². The van der Waals surface area contributed by atoms with Gasteiger partial charge in [-0.2, -0.15) is 0 Å². The summed E-state index contributed by atoms with van der Waals surface area (Å²) in [6.07, 6.45) is 9.18. The van der Waals surface area contributed by atoms with E-state index in [1.165, 1.54) is 51.0 Å². The molecule has 2 heteroatoms. The first-order valence-corrected chi connectivity index (χ1v) is 8.07. The van der Waals surface area contributed by atoms with E-state index in [1.807, 2.05) is 0 Å². The van der Waals surface area contributed by atoms with Gasteiger partial charge in [-0.25, -0.2) is 0 Å². The van der Waals surface area contributed by atoms with Crippen LogP contribution in [0.25, 0.3) is 0 Å². The maximum Gasteiger partial charge on any atom is 0.119 e. The van der Waals surface area contributed by atoms with E-state index in [0.29, 0.717) is 11.8 Å². The van der Waals surface area contributed by atoms with Gasteiger partial charge >= 0.3 is 0 Å². The highest BCUT2D eigenvalue weighted by atomic mass is 16.3. The maximum absolute atomic E-state index is 9.56. The number of unbranched alkanes of at least 4 members (excludes halogenated alkanes) is 5. The normalized spacial score (nSPS) is 14.2. The van der Waals surface area contributed by atoms with Gasteiger partial charge in [-0.15, -0.1) is 0 Å². The van der Waals surface area contributed by atoms with Gasteiger partial charge in [-0.05, 0) is 29.5 Å². The van der Waals surface area contributed by atoms with Crippen LogP contribution in [0.15, 0.2) is 18.2 Å². The molecule has 0 saturated heterocycles. The number of phenolic OH excluding ortho intramolecular Hbond substituents is 2. The molecule has 1 aromatic rings. The van der Waals surface area contributed by atoms with Crippen molar-refractivity contribution in [2.24, 2.45) is 5.92 Å². The highest BCUT2D eigenvalue weighted by molar-refractivity contribution is 5.38. The molecule has 20 heavy (non-hydrogen) atoms. The number of hydrogen-bond donors (Lipinski definition) is 2. The maximum atomic E-state index is 9.56. The van der Waals surface area contributed by atoms with E-state index in [0.717, 1.165) is 5.56 Å². The zero-order valence-electron chi connectivity index (χ0n) is 13.2. The molecule has 0 bridgehead atoms. The van der Waals surface area contributed by atoms with Crippen LogP contribution in [0, 0.1) is 5.92 Å². The van der Waals surface area contributed by atoms with E-state index in [9.17, 15) is 10.2 Å². The van der Waals surface area contributed by atoms with Gasteiger partial charge in [-0.1, -0.05) is 65.7 Å². The third-order valence-electron chi connectivity index (χ3n) is 4.32. The first kappa shape index (κ1) is 16.9. The molecular formula is C18H30O2. The van der Waals surface area contributed by atoms with Crippen molar-refractivity contribution in [1.29, 1.82) is 0 Å². The molecule has 0 heterocycles. The summed E-state index contributed by atoms with van der Waals surface area (Å²) in [4.78, 5) is 0. The van der Waals surface area contributed by atoms with Crippen LogP contribution in [-0.4, -0.2) is 10.2 Å². The number of rotatable bonds is 9.